The van der Waals surface area contributed by atoms with E-state index in [4.69, 9.17) is 5.10 Å². The number of nitrogens with one attached hydrogen (secondary N) is 1. The third-order valence-corrected chi connectivity index (χ3v) is 6.41. The van der Waals surface area contributed by atoms with Gasteiger partial charge in [-0.2, -0.15) is 10.2 Å². The van der Waals surface area contributed by atoms with Crippen LogP contribution in [0.2, 0.25) is 0 Å². The molecule has 1 fully saturated rings. The number of carbonyl (C=O) groups is 1. The molecule has 1 N–H and O–H groups in total. The smallest absolute Gasteiger partial charge is 0.275 e. The second-order valence-electron chi connectivity index (χ2n) is 8.57. The molecule has 0 unspecified atom stereocenters. The lowest BCUT2D eigenvalue weighted by Gasteiger charge is -2.27. The Balaban J connectivity index is 1.37. The molecule has 1 aromatic carbocycles. The van der Waals surface area contributed by atoms with Crippen molar-refractivity contribution in [3.8, 4) is 11.5 Å². The predicted molar refractivity (Wildman–Crippen MR) is 116 cm³/mol. The van der Waals surface area contributed by atoms with Gasteiger partial charge in [-0.25, -0.2) is 5.10 Å². The highest BCUT2D eigenvalue weighted by molar-refractivity contribution is 6.04. The molecule has 0 radical (unpaired) electrons. The second-order valence-corrected chi connectivity index (χ2v) is 8.57. The van der Waals surface area contributed by atoms with Gasteiger partial charge in [-0.1, -0.05) is 18.2 Å². The van der Waals surface area contributed by atoms with Crippen molar-refractivity contribution in [3.63, 3.8) is 0 Å². The summed E-state index contributed by atoms with van der Waals surface area (Å²) < 4.78 is 3.95. The summed E-state index contributed by atoms with van der Waals surface area (Å²) in [6.07, 6.45) is 4.92. The topological polar surface area (TPSA) is 115 Å². The molecular formula is C22H22N8O2. The minimum atomic E-state index is -0.303. The van der Waals surface area contributed by atoms with Gasteiger partial charge >= 0.3 is 0 Å². The van der Waals surface area contributed by atoms with E-state index in [0.717, 1.165) is 29.3 Å². The molecule has 3 aromatic heterocycles. The first kappa shape index (κ1) is 18.9. The number of benzene rings is 1. The van der Waals surface area contributed by atoms with Crippen LogP contribution in [0.4, 0.5) is 0 Å². The van der Waals surface area contributed by atoms with Crippen LogP contribution in [-0.2, 0) is 26.6 Å². The second kappa shape index (κ2) is 7.11. The van der Waals surface area contributed by atoms with E-state index in [2.05, 4.69) is 25.0 Å². The Morgan fingerprint density at radius 1 is 1.22 bits per heavy atom. The molecular weight excluding hydrogens is 408 g/mol. The molecule has 0 atom stereocenters. The van der Waals surface area contributed by atoms with E-state index in [0.29, 0.717) is 36.2 Å². The first-order valence-corrected chi connectivity index (χ1v) is 10.8. The van der Waals surface area contributed by atoms with Crippen LogP contribution in [0.3, 0.4) is 0 Å². The molecule has 6 rings (SSSR count). The molecule has 0 saturated heterocycles. The number of rotatable bonds is 4. The van der Waals surface area contributed by atoms with Gasteiger partial charge in [0.05, 0.1) is 11.9 Å². The highest BCUT2D eigenvalue weighted by Gasteiger charge is 2.31. The minimum absolute atomic E-state index is 0.211. The molecule has 1 amide bonds. The molecule has 32 heavy (non-hydrogen) atoms. The van der Waals surface area contributed by atoms with Crippen molar-refractivity contribution in [2.24, 2.45) is 13.0 Å². The van der Waals surface area contributed by atoms with E-state index in [9.17, 15) is 9.59 Å². The van der Waals surface area contributed by atoms with Crippen LogP contribution in [0.5, 0.6) is 0 Å². The molecule has 1 aliphatic heterocycles. The average molecular weight is 430 g/mol. The molecule has 1 saturated carbocycles. The van der Waals surface area contributed by atoms with Crippen molar-refractivity contribution in [3.05, 3.63) is 57.9 Å². The van der Waals surface area contributed by atoms with Gasteiger partial charge in [0.2, 0.25) is 0 Å². The van der Waals surface area contributed by atoms with Crippen molar-refractivity contribution in [1.82, 2.24) is 39.6 Å². The van der Waals surface area contributed by atoms with E-state index < -0.39 is 0 Å². The fourth-order valence-corrected chi connectivity index (χ4v) is 4.52. The zero-order valence-corrected chi connectivity index (χ0v) is 17.7. The summed E-state index contributed by atoms with van der Waals surface area (Å²) in [5.74, 6) is 1.22. The molecule has 0 spiro atoms. The average Bonchev–Trinajstić information content (AvgIpc) is 3.42. The molecule has 4 heterocycles. The Hall–Kier alpha value is -3.82. The normalized spacial score (nSPS) is 15.8. The fourth-order valence-electron chi connectivity index (χ4n) is 4.52. The van der Waals surface area contributed by atoms with Crippen molar-refractivity contribution < 1.29 is 4.79 Å². The molecule has 0 bridgehead atoms. The number of H-pyrrole nitrogens is 1. The summed E-state index contributed by atoms with van der Waals surface area (Å²) in [6.45, 7) is 1.85. The van der Waals surface area contributed by atoms with Crippen LogP contribution in [0, 0.1) is 5.92 Å². The lowest BCUT2D eigenvalue weighted by molar-refractivity contribution is 0.0728. The highest BCUT2D eigenvalue weighted by Crippen LogP contribution is 2.34. The van der Waals surface area contributed by atoms with Crippen LogP contribution in [0.15, 0.2) is 35.4 Å². The first-order valence-electron chi connectivity index (χ1n) is 10.8. The zero-order chi connectivity index (χ0) is 21.8. The monoisotopic (exact) mass is 430 g/mol. The summed E-state index contributed by atoms with van der Waals surface area (Å²) in [5, 5.41) is 20.8. The SMILES string of the molecule is Cn1nc(-c2nncn2CC2CC2)c2c1CCN(C(=O)c1n[nH]c(=O)c3ccccc13)C2. The Labute approximate surface area is 182 Å². The van der Waals surface area contributed by atoms with Crippen molar-refractivity contribution in [2.75, 3.05) is 6.54 Å². The molecule has 2 aliphatic rings. The van der Waals surface area contributed by atoms with Crippen LogP contribution >= 0.6 is 0 Å². The van der Waals surface area contributed by atoms with Crippen molar-refractivity contribution in [2.45, 2.75) is 32.4 Å². The van der Waals surface area contributed by atoms with E-state index >= 15 is 0 Å². The van der Waals surface area contributed by atoms with E-state index in [1.165, 1.54) is 12.8 Å². The summed E-state index contributed by atoms with van der Waals surface area (Å²) in [5.41, 5.74) is 2.82. The number of fused-ring (bicyclic) bond motifs is 2. The van der Waals surface area contributed by atoms with Crippen LogP contribution in [0.1, 0.15) is 34.6 Å². The highest BCUT2D eigenvalue weighted by atomic mass is 16.2. The summed E-state index contributed by atoms with van der Waals surface area (Å²) in [7, 11) is 1.93. The van der Waals surface area contributed by atoms with E-state index in [-0.39, 0.29) is 17.2 Å². The summed E-state index contributed by atoms with van der Waals surface area (Å²) in [4.78, 5) is 27.3. The number of hydrogen-bond acceptors (Lipinski definition) is 6. The molecule has 10 heteroatoms. The fraction of sp³-hybridized carbons (Fsp3) is 0.364. The number of hydrogen-bond donors (Lipinski definition) is 1. The lowest BCUT2D eigenvalue weighted by atomic mass is 10.0. The van der Waals surface area contributed by atoms with Gasteiger partial charge in [0, 0.05) is 43.2 Å². The molecule has 1 aliphatic carbocycles. The number of aromatic amines is 1. The Bertz CT molecular complexity index is 1410. The minimum Gasteiger partial charge on any atom is -0.332 e. The van der Waals surface area contributed by atoms with Gasteiger partial charge in [-0.05, 0) is 24.8 Å². The third-order valence-electron chi connectivity index (χ3n) is 6.41. The Kier molecular flexibility index (Phi) is 4.20. The van der Waals surface area contributed by atoms with Gasteiger partial charge in [-0.3, -0.25) is 14.3 Å². The standard InChI is InChI=1S/C22H22N8O2/c1-28-17-8-9-29(22(32)19-14-4-2-3-5-15(14)21(31)26-24-19)11-16(17)18(27-28)20-25-23-12-30(20)10-13-6-7-13/h2-5,12-13H,6-11H2,1H3,(H,26,31). The zero-order valence-electron chi connectivity index (χ0n) is 17.7. The first-order chi connectivity index (χ1) is 15.6. The Morgan fingerprint density at radius 2 is 2.03 bits per heavy atom. The van der Waals surface area contributed by atoms with Gasteiger partial charge in [0.15, 0.2) is 11.5 Å². The summed E-state index contributed by atoms with van der Waals surface area (Å²) in [6, 6.07) is 7.04. The van der Waals surface area contributed by atoms with Gasteiger partial charge in [-0.15, -0.1) is 10.2 Å². The predicted octanol–water partition coefficient (Wildman–Crippen LogP) is 1.52. The van der Waals surface area contributed by atoms with Crippen molar-refractivity contribution in [1.29, 1.82) is 0 Å². The summed E-state index contributed by atoms with van der Waals surface area (Å²) >= 11 is 0. The van der Waals surface area contributed by atoms with Gasteiger partial charge in [0.25, 0.3) is 11.5 Å². The van der Waals surface area contributed by atoms with Gasteiger partial charge < -0.3 is 9.47 Å². The number of amides is 1. The van der Waals surface area contributed by atoms with E-state index in [1.54, 1.807) is 35.5 Å². The molecule has 10 nitrogen and oxygen atoms in total. The number of aromatic nitrogens is 7. The Morgan fingerprint density at radius 3 is 2.84 bits per heavy atom. The number of nitrogens with zero attached hydrogens (tertiary/aromatic N) is 7. The number of carbonyl (C=O) groups excluding carboxylic acids is 1. The number of aryl methyl sites for hydroxylation is 1. The molecule has 4 aromatic rings. The van der Waals surface area contributed by atoms with Crippen molar-refractivity contribution >= 4 is 16.7 Å². The van der Waals surface area contributed by atoms with Gasteiger partial charge in [0.1, 0.15) is 12.0 Å². The van der Waals surface area contributed by atoms with Crippen LogP contribution in [0.25, 0.3) is 22.3 Å². The lowest BCUT2D eigenvalue weighted by Crippen LogP contribution is -2.37. The molecule has 162 valence electrons. The maximum Gasteiger partial charge on any atom is 0.275 e. The quantitative estimate of drug-likeness (QED) is 0.525. The van der Waals surface area contributed by atoms with E-state index in [1.807, 2.05) is 11.7 Å². The third kappa shape index (κ3) is 3.02. The maximum atomic E-state index is 13.4. The maximum absolute atomic E-state index is 13.4. The largest absolute Gasteiger partial charge is 0.332 e. The van der Waals surface area contributed by atoms with Crippen LogP contribution < -0.4 is 5.56 Å². The van der Waals surface area contributed by atoms with Crippen LogP contribution in [-0.4, -0.2) is 52.1 Å².